The van der Waals surface area contributed by atoms with E-state index < -0.39 is 0 Å². The van der Waals surface area contributed by atoms with E-state index in [0.717, 1.165) is 6.54 Å². The zero-order valence-electron chi connectivity index (χ0n) is 13.5. The van der Waals surface area contributed by atoms with Crippen molar-refractivity contribution in [3.05, 3.63) is 35.4 Å². The van der Waals surface area contributed by atoms with Crippen molar-refractivity contribution in [2.75, 3.05) is 19.7 Å². The zero-order valence-corrected chi connectivity index (χ0v) is 13.5. The maximum absolute atomic E-state index is 12.0. The Morgan fingerprint density at radius 3 is 2.29 bits per heavy atom. The highest BCUT2D eigenvalue weighted by atomic mass is 16.5. The van der Waals surface area contributed by atoms with Gasteiger partial charge in [-0.25, -0.2) is 4.79 Å². The number of hydrogen-bond acceptors (Lipinski definition) is 3. The summed E-state index contributed by atoms with van der Waals surface area (Å²) in [7, 11) is 0. The average molecular weight is 289 g/mol. The predicted molar refractivity (Wildman–Crippen MR) is 85.3 cm³/mol. The summed E-state index contributed by atoms with van der Waals surface area (Å²) in [6.45, 7) is 9.98. The fraction of sp³-hybridized carbons (Fsp3) is 0.611. The van der Waals surface area contributed by atoms with Gasteiger partial charge in [0.1, 0.15) is 0 Å². The van der Waals surface area contributed by atoms with Gasteiger partial charge in [0.05, 0.1) is 12.2 Å². The molecule has 0 saturated carbocycles. The highest BCUT2D eigenvalue weighted by Crippen LogP contribution is 2.16. The van der Waals surface area contributed by atoms with Crippen LogP contribution in [0, 0.1) is 5.41 Å². The Morgan fingerprint density at radius 1 is 1.10 bits per heavy atom. The molecule has 1 saturated heterocycles. The van der Waals surface area contributed by atoms with Crippen LogP contribution in [-0.2, 0) is 11.3 Å². The van der Waals surface area contributed by atoms with Crippen LogP contribution in [0.5, 0.6) is 0 Å². The first-order valence-corrected chi connectivity index (χ1v) is 7.92. The highest BCUT2D eigenvalue weighted by molar-refractivity contribution is 5.89. The number of benzene rings is 1. The van der Waals surface area contributed by atoms with Crippen LogP contribution >= 0.6 is 0 Å². The zero-order chi connectivity index (χ0) is 15.3. The smallest absolute Gasteiger partial charge is 0.338 e. The molecule has 0 spiro atoms. The molecule has 1 aromatic carbocycles. The number of carbonyl (C=O) groups is 1. The summed E-state index contributed by atoms with van der Waals surface area (Å²) in [5.41, 5.74) is 1.91. The van der Waals surface area contributed by atoms with E-state index in [1.165, 1.54) is 37.9 Å². The summed E-state index contributed by atoms with van der Waals surface area (Å²) in [4.78, 5) is 14.4. The second-order valence-electron chi connectivity index (χ2n) is 7.17. The van der Waals surface area contributed by atoms with Crippen LogP contribution in [-0.4, -0.2) is 30.6 Å². The molecule has 3 nitrogen and oxygen atoms in total. The minimum absolute atomic E-state index is 0.00383. The van der Waals surface area contributed by atoms with Crippen molar-refractivity contribution in [3.63, 3.8) is 0 Å². The molecule has 2 rings (SSSR count). The van der Waals surface area contributed by atoms with Crippen LogP contribution in [0.1, 0.15) is 56.0 Å². The van der Waals surface area contributed by atoms with Gasteiger partial charge in [0.2, 0.25) is 0 Å². The predicted octanol–water partition coefficient (Wildman–Crippen LogP) is 3.88. The molecule has 1 aromatic rings. The summed E-state index contributed by atoms with van der Waals surface area (Å²) in [6, 6.07) is 7.85. The Balaban J connectivity index is 1.87. The van der Waals surface area contributed by atoms with E-state index in [-0.39, 0.29) is 11.4 Å². The third-order valence-electron chi connectivity index (χ3n) is 3.68. The van der Waals surface area contributed by atoms with Gasteiger partial charge in [-0.1, -0.05) is 39.3 Å². The van der Waals surface area contributed by atoms with Crippen molar-refractivity contribution in [2.45, 2.75) is 46.6 Å². The number of nitrogens with zero attached hydrogens (tertiary/aromatic N) is 1. The number of likely N-dealkylation sites (tertiary alicyclic amines) is 1. The standard InChI is InChI=1S/C18H27NO2/c1-18(2,3)14-21-17(20)16-9-7-15(8-10-16)13-19-11-5-4-6-12-19/h7-10H,4-6,11-14H2,1-3H3. The molecule has 0 bridgehead atoms. The third-order valence-corrected chi connectivity index (χ3v) is 3.68. The molecule has 0 atom stereocenters. The molecule has 1 heterocycles. The molecule has 0 amide bonds. The maximum Gasteiger partial charge on any atom is 0.338 e. The van der Waals surface area contributed by atoms with Crippen LogP contribution in [0.2, 0.25) is 0 Å². The van der Waals surface area contributed by atoms with Crippen LogP contribution in [0.25, 0.3) is 0 Å². The van der Waals surface area contributed by atoms with Crippen molar-refractivity contribution < 1.29 is 9.53 Å². The fourth-order valence-corrected chi connectivity index (χ4v) is 2.49. The summed E-state index contributed by atoms with van der Waals surface area (Å²) in [6.07, 6.45) is 3.96. The molecular formula is C18H27NO2. The molecule has 21 heavy (non-hydrogen) atoms. The van der Waals surface area contributed by atoms with Gasteiger partial charge in [-0.05, 0) is 49.0 Å². The molecule has 1 fully saturated rings. The molecule has 1 aliphatic heterocycles. The lowest BCUT2D eigenvalue weighted by Gasteiger charge is -2.26. The number of rotatable bonds is 4. The Morgan fingerprint density at radius 2 is 1.71 bits per heavy atom. The van der Waals surface area contributed by atoms with E-state index in [0.29, 0.717) is 12.2 Å². The second kappa shape index (κ2) is 7.08. The van der Waals surface area contributed by atoms with E-state index in [1.807, 2.05) is 24.3 Å². The second-order valence-corrected chi connectivity index (χ2v) is 7.17. The fourth-order valence-electron chi connectivity index (χ4n) is 2.49. The first-order chi connectivity index (χ1) is 9.94. The quantitative estimate of drug-likeness (QED) is 0.788. The first-order valence-electron chi connectivity index (χ1n) is 7.92. The number of carbonyl (C=O) groups excluding carboxylic acids is 1. The molecule has 0 unspecified atom stereocenters. The van der Waals surface area contributed by atoms with Crippen LogP contribution in [0.15, 0.2) is 24.3 Å². The lowest BCUT2D eigenvalue weighted by atomic mass is 9.99. The third kappa shape index (κ3) is 5.50. The topological polar surface area (TPSA) is 29.5 Å². The molecule has 0 aromatic heterocycles. The minimum Gasteiger partial charge on any atom is -0.462 e. The Hall–Kier alpha value is -1.35. The molecule has 0 radical (unpaired) electrons. The highest BCUT2D eigenvalue weighted by Gasteiger charge is 2.15. The van der Waals surface area contributed by atoms with Crippen molar-refractivity contribution in [3.8, 4) is 0 Å². The Labute approximate surface area is 128 Å². The van der Waals surface area contributed by atoms with Crippen LogP contribution < -0.4 is 0 Å². The van der Waals surface area contributed by atoms with Crippen LogP contribution in [0.4, 0.5) is 0 Å². The van der Waals surface area contributed by atoms with E-state index in [2.05, 4.69) is 25.7 Å². The van der Waals surface area contributed by atoms with E-state index in [4.69, 9.17) is 4.74 Å². The summed E-state index contributed by atoms with van der Waals surface area (Å²) < 4.78 is 5.33. The summed E-state index contributed by atoms with van der Waals surface area (Å²) in [5.74, 6) is -0.227. The number of esters is 1. The SMILES string of the molecule is CC(C)(C)COC(=O)c1ccc(CN2CCCCC2)cc1. The Bertz CT molecular complexity index is 453. The molecule has 116 valence electrons. The van der Waals surface area contributed by atoms with E-state index in [9.17, 15) is 4.79 Å². The normalized spacial score (nSPS) is 16.7. The van der Waals surface area contributed by atoms with Gasteiger partial charge in [-0.15, -0.1) is 0 Å². The minimum atomic E-state index is -0.227. The lowest BCUT2D eigenvalue weighted by molar-refractivity contribution is 0.0367. The van der Waals surface area contributed by atoms with Gasteiger partial charge < -0.3 is 4.74 Å². The molecular weight excluding hydrogens is 262 g/mol. The Kier molecular flexibility index (Phi) is 5.40. The number of piperidine rings is 1. The van der Waals surface area contributed by atoms with Crippen LogP contribution in [0.3, 0.4) is 0 Å². The van der Waals surface area contributed by atoms with Gasteiger partial charge in [-0.2, -0.15) is 0 Å². The van der Waals surface area contributed by atoms with Gasteiger partial charge in [0.25, 0.3) is 0 Å². The van der Waals surface area contributed by atoms with Crippen molar-refractivity contribution in [2.24, 2.45) is 5.41 Å². The monoisotopic (exact) mass is 289 g/mol. The number of ether oxygens (including phenoxy) is 1. The molecule has 0 N–H and O–H groups in total. The van der Waals surface area contributed by atoms with E-state index >= 15 is 0 Å². The molecule has 3 heteroatoms. The van der Waals surface area contributed by atoms with Crippen molar-refractivity contribution in [1.29, 1.82) is 0 Å². The maximum atomic E-state index is 12.0. The lowest BCUT2D eigenvalue weighted by Crippen LogP contribution is -2.29. The average Bonchev–Trinajstić information content (AvgIpc) is 2.46. The van der Waals surface area contributed by atoms with Crippen molar-refractivity contribution >= 4 is 5.97 Å². The largest absolute Gasteiger partial charge is 0.462 e. The van der Waals surface area contributed by atoms with Gasteiger partial charge >= 0.3 is 5.97 Å². The van der Waals surface area contributed by atoms with Gasteiger partial charge in [0.15, 0.2) is 0 Å². The number of hydrogen-bond donors (Lipinski definition) is 0. The van der Waals surface area contributed by atoms with Gasteiger partial charge in [-0.3, -0.25) is 4.90 Å². The van der Waals surface area contributed by atoms with Crippen molar-refractivity contribution in [1.82, 2.24) is 4.90 Å². The van der Waals surface area contributed by atoms with E-state index in [1.54, 1.807) is 0 Å². The van der Waals surface area contributed by atoms with Gasteiger partial charge in [0, 0.05) is 6.54 Å². The first kappa shape index (κ1) is 16.0. The summed E-state index contributed by atoms with van der Waals surface area (Å²) in [5, 5.41) is 0. The molecule has 0 aliphatic carbocycles. The molecule has 1 aliphatic rings. The summed E-state index contributed by atoms with van der Waals surface area (Å²) >= 11 is 0.